The zero-order valence-electron chi connectivity index (χ0n) is 11.1. The second-order valence-corrected chi connectivity index (χ2v) is 7.69. The van der Waals surface area contributed by atoms with Crippen molar-refractivity contribution in [2.45, 2.75) is 37.2 Å². The molecule has 0 N–H and O–H groups in total. The fraction of sp³-hybridized carbons (Fsp3) is 0.385. The summed E-state index contributed by atoms with van der Waals surface area (Å²) in [6.45, 7) is 2.26. The Morgan fingerprint density at radius 1 is 1.45 bits per heavy atom. The van der Waals surface area contributed by atoms with Crippen molar-refractivity contribution in [1.82, 2.24) is 14.3 Å². The smallest absolute Gasteiger partial charge is 0.245 e. The van der Waals surface area contributed by atoms with E-state index in [4.69, 9.17) is 0 Å². The number of sulfonamides is 1. The van der Waals surface area contributed by atoms with Gasteiger partial charge in [0.15, 0.2) is 0 Å². The minimum Gasteiger partial charge on any atom is -0.263 e. The van der Waals surface area contributed by atoms with Crippen LogP contribution in [0.15, 0.2) is 34.8 Å². The van der Waals surface area contributed by atoms with E-state index in [-0.39, 0.29) is 10.9 Å². The highest BCUT2D eigenvalue weighted by atomic mass is 32.2. The van der Waals surface area contributed by atoms with Crippen LogP contribution < -0.4 is 0 Å². The lowest BCUT2D eigenvalue weighted by Gasteiger charge is -2.20. The Morgan fingerprint density at radius 2 is 2.25 bits per heavy atom. The van der Waals surface area contributed by atoms with Gasteiger partial charge < -0.3 is 0 Å². The van der Waals surface area contributed by atoms with E-state index < -0.39 is 10.0 Å². The predicted molar refractivity (Wildman–Crippen MR) is 76.8 cm³/mol. The quantitative estimate of drug-likeness (QED) is 0.849. The van der Waals surface area contributed by atoms with Gasteiger partial charge in [-0.3, -0.25) is 4.98 Å². The molecule has 20 heavy (non-hydrogen) atoms. The summed E-state index contributed by atoms with van der Waals surface area (Å²) in [5.41, 5.74) is 0.930. The standard InChI is InChI=1S/C13H15N3O2S2/c1-10-9-19-13(15-10)8-16(11-4-5-11)20(17,18)12-3-2-6-14-7-12/h2-3,6-7,9,11H,4-5,8H2,1H3. The molecular formula is C13H15N3O2S2. The van der Waals surface area contributed by atoms with Crippen LogP contribution in [0.3, 0.4) is 0 Å². The van der Waals surface area contributed by atoms with E-state index >= 15 is 0 Å². The minimum atomic E-state index is -3.49. The Hall–Kier alpha value is -1.31. The number of rotatable bonds is 5. The summed E-state index contributed by atoms with van der Waals surface area (Å²) in [6, 6.07) is 3.33. The molecule has 0 atom stereocenters. The van der Waals surface area contributed by atoms with Crippen LogP contribution in [0.5, 0.6) is 0 Å². The molecule has 2 aromatic heterocycles. The molecule has 5 nitrogen and oxygen atoms in total. The monoisotopic (exact) mass is 309 g/mol. The highest BCUT2D eigenvalue weighted by Gasteiger charge is 2.38. The first-order valence-corrected chi connectivity index (χ1v) is 8.72. The van der Waals surface area contributed by atoms with Gasteiger partial charge >= 0.3 is 0 Å². The second kappa shape index (κ2) is 5.23. The molecule has 1 aliphatic rings. The van der Waals surface area contributed by atoms with Gasteiger partial charge in [0.25, 0.3) is 0 Å². The number of thiazole rings is 1. The molecule has 7 heteroatoms. The number of aryl methyl sites for hydroxylation is 1. The molecule has 3 rings (SSSR count). The van der Waals surface area contributed by atoms with Gasteiger partial charge in [0.05, 0.1) is 6.54 Å². The summed E-state index contributed by atoms with van der Waals surface area (Å²) in [7, 11) is -3.49. The summed E-state index contributed by atoms with van der Waals surface area (Å²) in [4.78, 5) is 8.52. The van der Waals surface area contributed by atoms with Crippen LogP contribution in [0.2, 0.25) is 0 Å². The largest absolute Gasteiger partial charge is 0.263 e. The highest BCUT2D eigenvalue weighted by Crippen LogP contribution is 2.33. The average molecular weight is 309 g/mol. The number of nitrogens with zero attached hydrogens (tertiary/aromatic N) is 3. The number of hydrogen-bond donors (Lipinski definition) is 0. The van der Waals surface area contributed by atoms with Gasteiger partial charge in [0, 0.05) is 29.5 Å². The third-order valence-electron chi connectivity index (χ3n) is 3.15. The average Bonchev–Trinajstić information content (AvgIpc) is 3.20. The van der Waals surface area contributed by atoms with Gasteiger partial charge in [-0.15, -0.1) is 11.3 Å². The van der Waals surface area contributed by atoms with Crippen LogP contribution in [0.4, 0.5) is 0 Å². The van der Waals surface area contributed by atoms with E-state index in [1.807, 2.05) is 12.3 Å². The number of aromatic nitrogens is 2. The summed E-state index contributed by atoms with van der Waals surface area (Å²) in [5.74, 6) is 0. The highest BCUT2D eigenvalue weighted by molar-refractivity contribution is 7.89. The fourth-order valence-corrected chi connectivity index (χ4v) is 4.48. The minimum absolute atomic E-state index is 0.101. The maximum atomic E-state index is 12.7. The Balaban J connectivity index is 1.91. The molecule has 0 spiro atoms. The SMILES string of the molecule is Cc1csc(CN(C2CC2)S(=O)(=O)c2cccnc2)n1. The lowest BCUT2D eigenvalue weighted by molar-refractivity contribution is 0.397. The zero-order chi connectivity index (χ0) is 14.2. The number of pyridine rings is 1. The van der Waals surface area contributed by atoms with E-state index in [0.29, 0.717) is 6.54 Å². The van der Waals surface area contributed by atoms with E-state index in [2.05, 4.69) is 9.97 Å². The Bertz CT molecular complexity index is 693. The van der Waals surface area contributed by atoms with Gasteiger partial charge in [0.1, 0.15) is 9.90 Å². The summed E-state index contributed by atoms with van der Waals surface area (Å²) in [6.07, 6.45) is 4.82. The molecule has 1 fully saturated rings. The van der Waals surface area contributed by atoms with Crippen molar-refractivity contribution >= 4 is 21.4 Å². The van der Waals surface area contributed by atoms with Crippen molar-refractivity contribution in [2.75, 3.05) is 0 Å². The molecule has 0 aromatic carbocycles. The van der Waals surface area contributed by atoms with Crippen molar-refractivity contribution in [3.8, 4) is 0 Å². The van der Waals surface area contributed by atoms with Crippen molar-refractivity contribution in [3.63, 3.8) is 0 Å². The first kappa shape index (κ1) is 13.7. The molecule has 0 bridgehead atoms. The fourth-order valence-electron chi connectivity index (χ4n) is 2.02. The van der Waals surface area contributed by atoms with Crippen LogP contribution in [0, 0.1) is 6.92 Å². The van der Waals surface area contributed by atoms with E-state index in [1.54, 1.807) is 22.6 Å². The van der Waals surface area contributed by atoms with Crippen molar-refractivity contribution < 1.29 is 8.42 Å². The van der Waals surface area contributed by atoms with E-state index in [0.717, 1.165) is 23.5 Å². The topological polar surface area (TPSA) is 63.2 Å². The van der Waals surface area contributed by atoms with Crippen LogP contribution in [0.1, 0.15) is 23.5 Å². The molecular weight excluding hydrogens is 294 g/mol. The van der Waals surface area contributed by atoms with Crippen LogP contribution >= 0.6 is 11.3 Å². The van der Waals surface area contributed by atoms with E-state index in [9.17, 15) is 8.42 Å². The molecule has 0 unspecified atom stereocenters. The molecule has 2 heterocycles. The van der Waals surface area contributed by atoms with Crippen LogP contribution in [-0.4, -0.2) is 28.7 Å². The lowest BCUT2D eigenvalue weighted by atomic mass is 10.5. The van der Waals surface area contributed by atoms with Crippen molar-refractivity contribution in [3.05, 3.63) is 40.6 Å². The first-order chi connectivity index (χ1) is 9.57. The third kappa shape index (κ3) is 2.74. The van der Waals surface area contributed by atoms with Crippen molar-refractivity contribution in [2.24, 2.45) is 0 Å². The Morgan fingerprint density at radius 3 is 2.80 bits per heavy atom. The zero-order valence-corrected chi connectivity index (χ0v) is 12.7. The van der Waals surface area contributed by atoms with Crippen LogP contribution in [-0.2, 0) is 16.6 Å². The maximum Gasteiger partial charge on any atom is 0.245 e. The van der Waals surface area contributed by atoms with Crippen molar-refractivity contribution in [1.29, 1.82) is 0 Å². The summed E-state index contributed by atoms with van der Waals surface area (Å²) in [5, 5.41) is 2.78. The lowest BCUT2D eigenvalue weighted by Crippen LogP contribution is -2.32. The normalized spacial score (nSPS) is 15.7. The molecule has 1 saturated carbocycles. The molecule has 0 radical (unpaired) electrons. The third-order valence-corrected chi connectivity index (χ3v) is 5.99. The molecule has 1 aliphatic carbocycles. The second-order valence-electron chi connectivity index (χ2n) is 4.85. The summed E-state index contributed by atoms with van der Waals surface area (Å²) >= 11 is 1.50. The number of hydrogen-bond acceptors (Lipinski definition) is 5. The van der Waals surface area contributed by atoms with Gasteiger partial charge in [-0.25, -0.2) is 13.4 Å². The molecule has 0 amide bonds. The van der Waals surface area contributed by atoms with Gasteiger partial charge in [-0.05, 0) is 31.9 Å². The maximum absolute atomic E-state index is 12.7. The first-order valence-electron chi connectivity index (χ1n) is 6.40. The summed E-state index contributed by atoms with van der Waals surface area (Å²) < 4.78 is 26.9. The predicted octanol–water partition coefficient (Wildman–Crippen LogP) is 2.20. The molecule has 106 valence electrons. The molecule has 0 saturated heterocycles. The molecule has 2 aromatic rings. The van der Waals surface area contributed by atoms with Gasteiger partial charge in [0.2, 0.25) is 10.0 Å². The molecule has 0 aliphatic heterocycles. The van der Waals surface area contributed by atoms with E-state index in [1.165, 1.54) is 17.5 Å². The Kier molecular flexibility index (Phi) is 3.57. The van der Waals surface area contributed by atoms with Gasteiger partial charge in [-0.1, -0.05) is 0 Å². The van der Waals surface area contributed by atoms with Crippen LogP contribution in [0.25, 0.3) is 0 Å². The van der Waals surface area contributed by atoms with Gasteiger partial charge in [-0.2, -0.15) is 4.31 Å². The Labute approximate surface area is 122 Å².